The molecule has 3 aromatic rings. The van der Waals surface area contributed by atoms with Gasteiger partial charge in [0.25, 0.3) is 5.91 Å². The van der Waals surface area contributed by atoms with Gasteiger partial charge >= 0.3 is 0 Å². The van der Waals surface area contributed by atoms with Gasteiger partial charge in [-0.25, -0.2) is 0 Å². The van der Waals surface area contributed by atoms with E-state index >= 15 is 0 Å². The molecule has 2 aliphatic rings. The van der Waals surface area contributed by atoms with Crippen molar-refractivity contribution in [2.75, 3.05) is 4.90 Å². The summed E-state index contributed by atoms with van der Waals surface area (Å²) in [6.45, 7) is 2.18. The first-order valence-corrected chi connectivity index (χ1v) is 11.3. The molecule has 1 atom stereocenters. The number of halogens is 1. The van der Waals surface area contributed by atoms with Crippen LogP contribution in [0.25, 0.3) is 11.1 Å². The molecular formula is C24H26ClN3O3. The molecule has 1 aliphatic heterocycles. The molecule has 1 saturated carbocycles. The van der Waals surface area contributed by atoms with Gasteiger partial charge in [-0.3, -0.25) is 14.5 Å². The zero-order valence-electron chi connectivity index (χ0n) is 17.6. The van der Waals surface area contributed by atoms with E-state index in [9.17, 15) is 9.59 Å². The Hall–Kier alpha value is -2.73. The molecule has 162 valence electrons. The van der Waals surface area contributed by atoms with Gasteiger partial charge in [0.05, 0.1) is 18.3 Å². The summed E-state index contributed by atoms with van der Waals surface area (Å²) in [5, 5.41) is 3.79. The largest absolute Gasteiger partial charge is 0.463 e. The number of carbonyl (C=O) groups is 2. The van der Waals surface area contributed by atoms with Crippen LogP contribution in [0.5, 0.6) is 0 Å². The lowest BCUT2D eigenvalue weighted by molar-refractivity contribution is -0.127. The van der Waals surface area contributed by atoms with E-state index in [4.69, 9.17) is 16.0 Å². The van der Waals surface area contributed by atoms with E-state index in [0.717, 1.165) is 31.2 Å². The van der Waals surface area contributed by atoms with E-state index in [1.165, 1.54) is 12.8 Å². The summed E-state index contributed by atoms with van der Waals surface area (Å²) in [4.78, 5) is 29.0. The third-order valence-corrected chi connectivity index (χ3v) is 6.89. The molecule has 5 rings (SSSR count). The second-order valence-electron chi connectivity index (χ2n) is 8.84. The van der Waals surface area contributed by atoms with Crippen LogP contribution in [0.4, 0.5) is 5.69 Å². The molecule has 1 fully saturated rings. The number of carbonyl (C=O) groups excluding carboxylic acids is 2. The number of hydrogen-bond acceptors (Lipinski definition) is 3. The Morgan fingerprint density at radius 2 is 1.94 bits per heavy atom. The van der Waals surface area contributed by atoms with Gasteiger partial charge in [-0.15, -0.1) is 0 Å². The van der Waals surface area contributed by atoms with E-state index < -0.39 is 5.54 Å². The number of furan rings is 1. The van der Waals surface area contributed by atoms with Crippen LogP contribution in [0, 0.1) is 0 Å². The Morgan fingerprint density at radius 3 is 2.68 bits per heavy atom. The number of nitrogens with one attached hydrogen (secondary N) is 1. The lowest BCUT2D eigenvalue weighted by Gasteiger charge is -2.44. The molecule has 1 N–H and O–H groups in total. The highest BCUT2D eigenvalue weighted by atomic mass is 35.5. The fourth-order valence-electron chi connectivity index (χ4n) is 5.00. The number of rotatable bonds is 3. The van der Waals surface area contributed by atoms with Crippen LogP contribution in [-0.4, -0.2) is 28.0 Å². The number of aromatic nitrogens is 1. The fraction of sp³-hybridized carbons (Fsp3) is 0.417. The van der Waals surface area contributed by atoms with Crippen LogP contribution in [0.1, 0.15) is 55.9 Å². The molecular weight excluding hydrogens is 414 g/mol. The molecule has 0 saturated heterocycles. The zero-order chi connectivity index (χ0) is 21.6. The van der Waals surface area contributed by atoms with Gasteiger partial charge in [0.2, 0.25) is 5.91 Å². The maximum Gasteiger partial charge on any atom is 0.276 e. The van der Waals surface area contributed by atoms with E-state index in [2.05, 4.69) is 5.32 Å². The third kappa shape index (κ3) is 3.43. The minimum absolute atomic E-state index is 0.135. The standard InChI is InChI=1S/C24H26ClN3O3/c1-24(23(30)26-17-8-4-2-3-5-9-17)15-27-19-11-12-31-21(19)14-20(27)22(29)28(24)18-10-6-7-16(25)13-18/h6-7,10-14,17H,2-5,8-9,15H2,1H3,(H,26,30). The Kier molecular flexibility index (Phi) is 5.05. The minimum Gasteiger partial charge on any atom is -0.463 e. The van der Waals surface area contributed by atoms with Crippen LogP contribution in [-0.2, 0) is 11.3 Å². The first kappa shape index (κ1) is 20.2. The Bertz CT molecular complexity index is 1140. The van der Waals surface area contributed by atoms with Gasteiger partial charge in [-0.05, 0) is 38.0 Å². The average Bonchev–Trinajstić information content (AvgIpc) is 3.23. The average molecular weight is 440 g/mol. The fourth-order valence-corrected chi connectivity index (χ4v) is 5.18. The zero-order valence-corrected chi connectivity index (χ0v) is 18.3. The van der Waals surface area contributed by atoms with Gasteiger partial charge in [0.15, 0.2) is 5.58 Å². The summed E-state index contributed by atoms with van der Waals surface area (Å²) in [6, 6.07) is 10.8. The lowest BCUT2D eigenvalue weighted by Crippen LogP contribution is -2.65. The second kappa shape index (κ2) is 7.75. The normalized spacial score (nSPS) is 22.4. The van der Waals surface area contributed by atoms with E-state index in [1.54, 1.807) is 35.4 Å². The van der Waals surface area contributed by atoms with Gasteiger partial charge in [-0.1, -0.05) is 43.4 Å². The molecule has 7 heteroatoms. The van der Waals surface area contributed by atoms with Gasteiger partial charge in [0.1, 0.15) is 11.2 Å². The van der Waals surface area contributed by atoms with Crippen LogP contribution in [0.15, 0.2) is 47.1 Å². The topological polar surface area (TPSA) is 67.5 Å². The number of fused-ring (bicyclic) bond motifs is 3. The maximum atomic E-state index is 13.7. The molecule has 6 nitrogen and oxygen atoms in total. The number of anilines is 1. The van der Waals surface area contributed by atoms with Crippen molar-refractivity contribution in [1.29, 1.82) is 0 Å². The smallest absolute Gasteiger partial charge is 0.276 e. The maximum absolute atomic E-state index is 13.7. The molecule has 1 unspecified atom stereocenters. The van der Waals surface area contributed by atoms with E-state index in [1.807, 2.05) is 23.6 Å². The monoisotopic (exact) mass is 439 g/mol. The molecule has 2 aromatic heterocycles. The summed E-state index contributed by atoms with van der Waals surface area (Å²) >= 11 is 6.25. The molecule has 3 heterocycles. The SMILES string of the molecule is CC1(C(=O)NC2CCCCCC2)Cn2c(cc3occc32)C(=O)N1c1cccc(Cl)c1. The molecule has 1 aromatic carbocycles. The number of hydrogen-bond donors (Lipinski definition) is 1. The van der Waals surface area contributed by atoms with Crippen LogP contribution in [0.3, 0.4) is 0 Å². The second-order valence-corrected chi connectivity index (χ2v) is 9.28. The Balaban J connectivity index is 1.58. The third-order valence-electron chi connectivity index (χ3n) is 6.65. The summed E-state index contributed by atoms with van der Waals surface area (Å²) in [6.07, 6.45) is 8.23. The quantitative estimate of drug-likeness (QED) is 0.574. The van der Waals surface area contributed by atoms with Gasteiger partial charge in [-0.2, -0.15) is 0 Å². The van der Waals surface area contributed by atoms with E-state index in [-0.39, 0.29) is 17.9 Å². The molecule has 0 spiro atoms. The first-order chi connectivity index (χ1) is 15.0. The molecule has 31 heavy (non-hydrogen) atoms. The highest BCUT2D eigenvalue weighted by molar-refractivity contribution is 6.31. The van der Waals surface area contributed by atoms with Crippen molar-refractivity contribution in [3.63, 3.8) is 0 Å². The Labute approximate surface area is 186 Å². The predicted octanol–water partition coefficient (Wildman–Crippen LogP) is 5.15. The van der Waals surface area contributed by atoms with Gasteiger partial charge in [0, 0.05) is 28.9 Å². The van der Waals surface area contributed by atoms with Crippen LogP contribution >= 0.6 is 11.6 Å². The van der Waals surface area contributed by atoms with Crippen molar-refractivity contribution in [2.24, 2.45) is 0 Å². The highest BCUT2D eigenvalue weighted by Crippen LogP contribution is 2.37. The van der Waals surface area contributed by atoms with E-state index in [0.29, 0.717) is 28.5 Å². The summed E-state index contributed by atoms with van der Waals surface area (Å²) in [5.74, 6) is -0.373. The first-order valence-electron chi connectivity index (χ1n) is 11.0. The molecule has 2 amide bonds. The highest BCUT2D eigenvalue weighted by Gasteiger charge is 2.49. The van der Waals surface area contributed by atoms with Crippen molar-refractivity contribution in [1.82, 2.24) is 9.88 Å². The lowest BCUT2D eigenvalue weighted by atomic mass is 9.92. The number of nitrogens with zero attached hydrogens (tertiary/aromatic N) is 2. The molecule has 0 radical (unpaired) electrons. The van der Waals surface area contributed by atoms with Crippen molar-refractivity contribution >= 4 is 40.2 Å². The Morgan fingerprint density at radius 1 is 1.16 bits per heavy atom. The minimum atomic E-state index is -1.11. The van der Waals surface area contributed by atoms with Crippen molar-refractivity contribution in [3.05, 3.63) is 53.4 Å². The van der Waals surface area contributed by atoms with Crippen molar-refractivity contribution in [2.45, 2.75) is 63.6 Å². The molecule has 1 aliphatic carbocycles. The predicted molar refractivity (Wildman–Crippen MR) is 121 cm³/mol. The summed E-state index contributed by atoms with van der Waals surface area (Å²) in [7, 11) is 0. The van der Waals surface area contributed by atoms with Crippen LogP contribution in [0.2, 0.25) is 5.02 Å². The summed E-state index contributed by atoms with van der Waals surface area (Å²) in [5.41, 5.74) is 1.48. The number of benzene rings is 1. The van der Waals surface area contributed by atoms with Crippen molar-refractivity contribution in [3.8, 4) is 0 Å². The molecule has 0 bridgehead atoms. The number of amides is 2. The van der Waals surface area contributed by atoms with Crippen molar-refractivity contribution < 1.29 is 14.0 Å². The van der Waals surface area contributed by atoms with Gasteiger partial charge < -0.3 is 14.3 Å². The summed E-state index contributed by atoms with van der Waals surface area (Å²) < 4.78 is 7.43. The van der Waals surface area contributed by atoms with Crippen LogP contribution < -0.4 is 10.2 Å².